The maximum atomic E-state index is 11.2. The molecule has 1 aromatic rings. The molecule has 88 valence electrons. The topological polar surface area (TPSA) is 70.1 Å². The Morgan fingerprint density at radius 3 is 2.67 bits per heavy atom. The van der Waals surface area contributed by atoms with E-state index in [2.05, 4.69) is 5.10 Å². The predicted octanol–water partition coefficient (Wildman–Crippen LogP) is 0.827. The van der Waals surface area contributed by atoms with Gasteiger partial charge in [-0.05, 0) is 6.92 Å². The van der Waals surface area contributed by atoms with Crippen LogP contribution in [0.4, 0.5) is 0 Å². The zero-order valence-electron chi connectivity index (χ0n) is 8.54. The highest BCUT2D eigenvalue weighted by Gasteiger charge is 2.17. The van der Waals surface area contributed by atoms with E-state index in [0.717, 1.165) is 0 Å². The molecule has 0 fully saturated rings. The fraction of sp³-hybridized carbons (Fsp3) is 0.500. The monoisotopic (exact) mass is 255 g/mol. The molecule has 0 aliphatic carbocycles. The number of nitrogens with zero attached hydrogens (tertiary/aromatic N) is 2. The number of nitrogens with two attached hydrogens (primary N) is 1. The van der Waals surface area contributed by atoms with Crippen LogP contribution in [0.3, 0.4) is 0 Å². The first-order valence-electron chi connectivity index (χ1n) is 4.06. The van der Waals surface area contributed by atoms with E-state index in [-0.39, 0.29) is 24.8 Å². The van der Waals surface area contributed by atoms with E-state index < -0.39 is 12.0 Å². The molecule has 7 heteroatoms. The van der Waals surface area contributed by atoms with Gasteiger partial charge in [0, 0.05) is 18.8 Å². The fourth-order valence-corrected chi connectivity index (χ4v) is 0.969. The van der Waals surface area contributed by atoms with Crippen molar-refractivity contribution in [1.29, 1.82) is 0 Å². The van der Waals surface area contributed by atoms with E-state index >= 15 is 0 Å². The molecule has 0 saturated carbocycles. The summed E-state index contributed by atoms with van der Waals surface area (Å²) >= 11 is 0. The van der Waals surface area contributed by atoms with Gasteiger partial charge in [-0.2, -0.15) is 5.10 Å². The van der Waals surface area contributed by atoms with Crippen LogP contribution in [-0.4, -0.2) is 22.4 Å². The van der Waals surface area contributed by atoms with Gasteiger partial charge in [0.05, 0.1) is 12.8 Å². The molecule has 2 N–H and O–H groups in total. The quantitative estimate of drug-likeness (QED) is 0.813. The first-order valence-corrected chi connectivity index (χ1v) is 4.06. The normalized spacial score (nSPS) is 10.9. The minimum absolute atomic E-state index is 0. The second-order valence-electron chi connectivity index (χ2n) is 2.68. The zero-order valence-corrected chi connectivity index (χ0v) is 10.2. The van der Waals surface area contributed by atoms with Crippen molar-refractivity contribution < 1.29 is 9.53 Å². The maximum absolute atomic E-state index is 11.2. The Kier molecular flexibility index (Phi) is 8.33. The van der Waals surface area contributed by atoms with Crippen molar-refractivity contribution in [1.82, 2.24) is 9.78 Å². The number of hydrogen-bond acceptors (Lipinski definition) is 4. The summed E-state index contributed by atoms with van der Waals surface area (Å²) in [6.45, 7) is 2.08. The number of hydrogen-bond donors (Lipinski definition) is 1. The van der Waals surface area contributed by atoms with Gasteiger partial charge in [-0.25, -0.2) is 4.79 Å². The number of ether oxygens (including phenoxy) is 1. The van der Waals surface area contributed by atoms with Gasteiger partial charge in [0.15, 0.2) is 0 Å². The highest BCUT2D eigenvalue weighted by Crippen LogP contribution is 2.09. The number of carbonyl (C=O) groups excluding carboxylic acids is 1. The number of aryl methyl sites for hydroxylation is 1. The van der Waals surface area contributed by atoms with E-state index in [1.54, 1.807) is 31.0 Å². The molecule has 0 aliphatic heterocycles. The summed E-state index contributed by atoms with van der Waals surface area (Å²) in [5, 5.41) is 3.91. The Hall–Kier alpha value is -0.780. The predicted molar refractivity (Wildman–Crippen MR) is 61.3 cm³/mol. The molecule has 1 atom stereocenters. The van der Waals surface area contributed by atoms with E-state index in [4.69, 9.17) is 10.5 Å². The smallest absolute Gasteiger partial charge is 0.327 e. The van der Waals surface area contributed by atoms with Crippen LogP contribution in [0, 0.1) is 0 Å². The Morgan fingerprint density at radius 1 is 1.67 bits per heavy atom. The minimum atomic E-state index is -0.728. The molecule has 0 bridgehead atoms. The number of rotatable bonds is 3. The summed E-state index contributed by atoms with van der Waals surface area (Å²) in [4.78, 5) is 11.2. The van der Waals surface area contributed by atoms with Crippen molar-refractivity contribution in [2.75, 3.05) is 6.61 Å². The maximum Gasteiger partial charge on any atom is 0.327 e. The third kappa shape index (κ3) is 4.51. The molecule has 15 heavy (non-hydrogen) atoms. The average Bonchev–Trinajstić information content (AvgIpc) is 2.51. The largest absolute Gasteiger partial charge is 0.465 e. The summed E-state index contributed by atoms with van der Waals surface area (Å²) < 4.78 is 6.36. The lowest BCUT2D eigenvalue weighted by Crippen LogP contribution is -2.23. The second-order valence-corrected chi connectivity index (χ2v) is 2.68. The number of halogens is 2. The highest BCUT2D eigenvalue weighted by molar-refractivity contribution is 5.85. The molecule has 0 amide bonds. The zero-order chi connectivity index (χ0) is 9.84. The molecule has 0 saturated heterocycles. The first kappa shape index (κ1) is 16.6. The molecule has 1 aromatic heterocycles. The van der Waals surface area contributed by atoms with Crippen LogP contribution in [-0.2, 0) is 16.6 Å². The van der Waals surface area contributed by atoms with Gasteiger partial charge in [0.1, 0.15) is 6.04 Å². The Labute approximate surface area is 101 Å². The standard InChI is InChI=1S/C8H13N3O2.2ClH/c1-3-13-8(12)7(9)6-4-10-11(2)5-6;;/h4-5,7H,3,9H2,1-2H3;2*1H. The summed E-state index contributed by atoms with van der Waals surface area (Å²) in [7, 11) is 1.77. The van der Waals surface area contributed by atoms with E-state index in [9.17, 15) is 4.79 Å². The Morgan fingerprint density at radius 2 is 2.27 bits per heavy atom. The summed E-state index contributed by atoms with van der Waals surface area (Å²) in [5.74, 6) is -0.421. The molecule has 1 heterocycles. The lowest BCUT2D eigenvalue weighted by atomic mass is 10.2. The molecule has 0 aliphatic rings. The second kappa shape index (κ2) is 7.50. The molecular formula is C8H15Cl2N3O2. The minimum Gasteiger partial charge on any atom is -0.465 e. The lowest BCUT2D eigenvalue weighted by Gasteiger charge is -2.07. The van der Waals surface area contributed by atoms with Gasteiger partial charge in [0.25, 0.3) is 0 Å². The van der Waals surface area contributed by atoms with Crippen molar-refractivity contribution in [3.05, 3.63) is 18.0 Å². The Balaban J connectivity index is 0. The van der Waals surface area contributed by atoms with Crippen LogP contribution in [0.5, 0.6) is 0 Å². The van der Waals surface area contributed by atoms with Crippen molar-refractivity contribution in [3.63, 3.8) is 0 Å². The lowest BCUT2D eigenvalue weighted by molar-refractivity contribution is -0.144. The third-order valence-corrected chi connectivity index (χ3v) is 1.62. The van der Waals surface area contributed by atoms with E-state index in [1.165, 1.54) is 0 Å². The van der Waals surface area contributed by atoms with Gasteiger partial charge >= 0.3 is 5.97 Å². The molecule has 1 rings (SSSR count). The first-order chi connectivity index (χ1) is 6.15. The SMILES string of the molecule is CCOC(=O)C(N)c1cnn(C)c1.Cl.Cl. The molecule has 0 spiro atoms. The van der Waals surface area contributed by atoms with Crippen LogP contribution < -0.4 is 5.73 Å². The van der Waals surface area contributed by atoms with Crippen LogP contribution in [0.1, 0.15) is 18.5 Å². The molecule has 0 radical (unpaired) electrons. The number of esters is 1. The Bertz CT molecular complexity index is 304. The van der Waals surface area contributed by atoms with Gasteiger partial charge < -0.3 is 10.5 Å². The van der Waals surface area contributed by atoms with Crippen LogP contribution >= 0.6 is 24.8 Å². The highest BCUT2D eigenvalue weighted by atomic mass is 35.5. The molecular weight excluding hydrogens is 241 g/mol. The number of aromatic nitrogens is 2. The number of carbonyl (C=O) groups is 1. The van der Waals surface area contributed by atoms with Crippen molar-refractivity contribution in [2.45, 2.75) is 13.0 Å². The van der Waals surface area contributed by atoms with Crippen LogP contribution in [0.25, 0.3) is 0 Å². The summed E-state index contributed by atoms with van der Waals surface area (Å²) in [6.07, 6.45) is 3.25. The third-order valence-electron chi connectivity index (χ3n) is 1.62. The van der Waals surface area contributed by atoms with Crippen LogP contribution in [0.2, 0.25) is 0 Å². The van der Waals surface area contributed by atoms with E-state index in [1.807, 2.05) is 0 Å². The molecule has 1 unspecified atom stereocenters. The van der Waals surface area contributed by atoms with E-state index in [0.29, 0.717) is 12.2 Å². The van der Waals surface area contributed by atoms with Gasteiger partial charge in [-0.15, -0.1) is 24.8 Å². The summed E-state index contributed by atoms with van der Waals surface area (Å²) in [5.41, 5.74) is 6.28. The van der Waals surface area contributed by atoms with Crippen molar-refractivity contribution in [2.24, 2.45) is 12.8 Å². The fourth-order valence-electron chi connectivity index (χ4n) is 0.969. The van der Waals surface area contributed by atoms with Gasteiger partial charge in [-0.1, -0.05) is 0 Å². The van der Waals surface area contributed by atoms with Crippen molar-refractivity contribution in [3.8, 4) is 0 Å². The summed E-state index contributed by atoms with van der Waals surface area (Å²) in [6, 6.07) is -0.728. The van der Waals surface area contributed by atoms with Crippen LogP contribution in [0.15, 0.2) is 12.4 Å². The molecule has 5 nitrogen and oxygen atoms in total. The molecule has 0 aromatic carbocycles. The van der Waals surface area contributed by atoms with Gasteiger partial charge in [-0.3, -0.25) is 4.68 Å². The van der Waals surface area contributed by atoms with Crippen molar-refractivity contribution >= 4 is 30.8 Å². The average molecular weight is 256 g/mol. The van der Waals surface area contributed by atoms with Gasteiger partial charge in [0.2, 0.25) is 0 Å².